The number of anilines is 2. The Labute approximate surface area is 132 Å². The van der Waals surface area contributed by atoms with Crippen molar-refractivity contribution in [1.82, 2.24) is 5.32 Å². The Morgan fingerprint density at radius 1 is 1.00 bits per heavy atom. The number of nitrogens with one attached hydrogen (secondary N) is 2. The minimum absolute atomic E-state index is 0.927. The lowest BCUT2D eigenvalue weighted by atomic mass is 10.1. The first-order valence-corrected chi connectivity index (χ1v) is 7.81. The van der Waals surface area contributed by atoms with Crippen molar-refractivity contribution in [2.75, 3.05) is 36.4 Å². The van der Waals surface area contributed by atoms with Gasteiger partial charge in [-0.05, 0) is 36.8 Å². The number of hydrogen-bond acceptors (Lipinski definition) is 3. The average Bonchev–Trinajstić information content (AvgIpc) is 2.58. The zero-order valence-corrected chi connectivity index (χ0v) is 13.1. The molecule has 3 nitrogen and oxygen atoms in total. The maximum absolute atomic E-state index is 4.15. The molecule has 0 saturated carbocycles. The molecule has 0 aromatic heterocycles. The van der Waals surface area contributed by atoms with Crippen LogP contribution in [0.25, 0.3) is 5.70 Å². The quantitative estimate of drug-likeness (QED) is 0.903. The Bertz CT molecular complexity index is 623. The molecule has 1 fully saturated rings. The van der Waals surface area contributed by atoms with Crippen LogP contribution in [0.1, 0.15) is 11.1 Å². The van der Waals surface area contributed by atoms with Gasteiger partial charge in [-0.1, -0.05) is 36.4 Å². The highest BCUT2D eigenvalue weighted by molar-refractivity contribution is 5.76. The Morgan fingerprint density at radius 2 is 1.64 bits per heavy atom. The van der Waals surface area contributed by atoms with Crippen molar-refractivity contribution >= 4 is 17.1 Å². The van der Waals surface area contributed by atoms with Crippen LogP contribution in [0.2, 0.25) is 0 Å². The smallest absolute Gasteiger partial charge is 0.0384 e. The Kier molecular flexibility index (Phi) is 4.45. The van der Waals surface area contributed by atoms with E-state index in [0.29, 0.717) is 0 Å². The van der Waals surface area contributed by atoms with E-state index in [4.69, 9.17) is 0 Å². The van der Waals surface area contributed by atoms with Crippen molar-refractivity contribution < 1.29 is 0 Å². The van der Waals surface area contributed by atoms with Crippen molar-refractivity contribution in [3.63, 3.8) is 0 Å². The second-order valence-corrected chi connectivity index (χ2v) is 5.75. The van der Waals surface area contributed by atoms with Gasteiger partial charge >= 0.3 is 0 Å². The number of rotatable bonds is 4. The maximum atomic E-state index is 4.15. The Balaban J connectivity index is 1.66. The lowest BCUT2D eigenvalue weighted by Crippen LogP contribution is -2.43. The van der Waals surface area contributed by atoms with Gasteiger partial charge in [0.2, 0.25) is 0 Å². The van der Waals surface area contributed by atoms with Gasteiger partial charge in [0.1, 0.15) is 0 Å². The molecule has 2 N–H and O–H groups in total. The molecule has 0 spiro atoms. The maximum Gasteiger partial charge on any atom is 0.0384 e. The van der Waals surface area contributed by atoms with Crippen LogP contribution < -0.4 is 15.5 Å². The molecule has 0 unspecified atom stereocenters. The molecule has 1 aliphatic rings. The number of piperazine rings is 1. The molecule has 0 amide bonds. The summed E-state index contributed by atoms with van der Waals surface area (Å²) in [7, 11) is 0. The summed E-state index contributed by atoms with van der Waals surface area (Å²) in [6.45, 7) is 10.5. The molecule has 1 aliphatic heterocycles. The van der Waals surface area contributed by atoms with E-state index in [2.05, 4.69) is 77.6 Å². The van der Waals surface area contributed by atoms with E-state index >= 15 is 0 Å². The molecule has 22 heavy (non-hydrogen) atoms. The SMILES string of the molecule is C=C(Nc1ccc(C)cc1)c1ccc(N2CCNCC2)cc1. The summed E-state index contributed by atoms with van der Waals surface area (Å²) in [5, 5.41) is 6.75. The summed E-state index contributed by atoms with van der Waals surface area (Å²) in [6, 6.07) is 17.0. The predicted molar refractivity (Wildman–Crippen MR) is 95.4 cm³/mol. The van der Waals surface area contributed by atoms with Crippen molar-refractivity contribution in [2.45, 2.75) is 6.92 Å². The molecular weight excluding hydrogens is 270 g/mol. The molecule has 1 saturated heterocycles. The van der Waals surface area contributed by atoms with Gasteiger partial charge in [-0.2, -0.15) is 0 Å². The van der Waals surface area contributed by atoms with E-state index < -0.39 is 0 Å². The van der Waals surface area contributed by atoms with Crippen LogP contribution in [0.5, 0.6) is 0 Å². The van der Waals surface area contributed by atoms with Gasteiger partial charge in [0.25, 0.3) is 0 Å². The summed E-state index contributed by atoms with van der Waals surface area (Å²) in [5.74, 6) is 0. The highest BCUT2D eigenvalue weighted by atomic mass is 15.2. The van der Waals surface area contributed by atoms with Gasteiger partial charge in [0.05, 0.1) is 0 Å². The van der Waals surface area contributed by atoms with Crippen LogP contribution in [0.3, 0.4) is 0 Å². The van der Waals surface area contributed by atoms with Gasteiger partial charge in [0, 0.05) is 43.3 Å². The molecule has 2 aromatic carbocycles. The van der Waals surface area contributed by atoms with Crippen LogP contribution in [0, 0.1) is 6.92 Å². The lowest BCUT2D eigenvalue weighted by Gasteiger charge is -2.29. The fraction of sp³-hybridized carbons (Fsp3) is 0.263. The Morgan fingerprint density at radius 3 is 2.27 bits per heavy atom. The average molecular weight is 293 g/mol. The molecule has 0 aliphatic carbocycles. The zero-order valence-electron chi connectivity index (χ0n) is 13.1. The minimum Gasteiger partial charge on any atom is -0.369 e. The van der Waals surface area contributed by atoms with Crippen molar-refractivity contribution in [1.29, 1.82) is 0 Å². The minimum atomic E-state index is 0.927. The van der Waals surface area contributed by atoms with Crippen LogP contribution in [0.15, 0.2) is 55.1 Å². The Hall–Kier alpha value is -2.26. The third kappa shape index (κ3) is 3.49. The molecule has 0 bridgehead atoms. The van der Waals surface area contributed by atoms with E-state index in [0.717, 1.165) is 43.1 Å². The topological polar surface area (TPSA) is 27.3 Å². The second kappa shape index (κ2) is 6.67. The molecule has 0 atom stereocenters. The first-order valence-electron chi connectivity index (χ1n) is 7.81. The highest BCUT2D eigenvalue weighted by Gasteiger charge is 2.10. The monoisotopic (exact) mass is 293 g/mol. The van der Waals surface area contributed by atoms with Gasteiger partial charge in [0.15, 0.2) is 0 Å². The normalized spacial score (nSPS) is 14.7. The van der Waals surface area contributed by atoms with Crippen molar-refractivity contribution in [3.8, 4) is 0 Å². The molecule has 3 heteroatoms. The summed E-state index contributed by atoms with van der Waals surface area (Å²) in [6.07, 6.45) is 0. The predicted octanol–water partition coefficient (Wildman–Crippen LogP) is 3.49. The molecule has 1 heterocycles. The molecular formula is C19H23N3. The summed E-state index contributed by atoms with van der Waals surface area (Å²) < 4.78 is 0. The van der Waals surface area contributed by atoms with Gasteiger partial charge < -0.3 is 15.5 Å². The van der Waals surface area contributed by atoms with E-state index in [-0.39, 0.29) is 0 Å². The van der Waals surface area contributed by atoms with Crippen molar-refractivity contribution in [2.24, 2.45) is 0 Å². The summed E-state index contributed by atoms with van der Waals surface area (Å²) in [5.41, 5.74) is 5.67. The van der Waals surface area contributed by atoms with Crippen LogP contribution >= 0.6 is 0 Å². The highest BCUT2D eigenvalue weighted by Crippen LogP contribution is 2.21. The van der Waals surface area contributed by atoms with Crippen LogP contribution in [0.4, 0.5) is 11.4 Å². The van der Waals surface area contributed by atoms with Crippen LogP contribution in [-0.2, 0) is 0 Å². The molecule has 3 rings (SSSR count). The molecule has 2 aromatic rings. The fourth-order valence-corrected chi connectivity index (χ4v) is 2.68. The largest absolute Gasteiger partial charge is 0.369 e. The number of nitrogens with zero attached hydrogens (tertiary/aromatic N) is 1. The first kappa shape index (κ1) is 14.7. The standard InChI is InChI=1S/C19H23N3/c1-15-3-7-18(8-4-15)21-16(2)17-5-9-19(10-6-17)22-13-11-20-12-14-22/h3-10,20-21H,2,11-14H2,1H3. The first-order chi connectivity index (χ1) is 10.7. The number of benzene rings is 2. The summed E-state index contributed by atoms with van der Waals surface area (Å²) in [4.78, 5) is 2.41. The van der Waals surface area contributed by atoms with E-state index in [1.165, 1.54) is 11.3 Å². The number of hydrogen-bond donors (Lipinski definition) is 2. The molecule has 114 valence electrons. The third-order valence-corrected chi connectivity index (χ3v) is 4.04. The van der Waals surface area contributed by atoms with Gasteiger partial charge in [-0.25, -0.2) is 0 Å². The number of aryl methyl sites for hydroxylation is 1. The second-order valence-electron chi connectivity index (χ2n) is 5.75. The summed E-state index contributed by atoms with van der Waals surface area (Å²) >= 11 is 0. The fourth-order valence-electron chi connectivity index (χ4n) is 2.68. The van der Waals surface area contributed by atoms with E-state index in [9.17, 15) is 0 Å². The van der Waals surface area contributed by atoms with Crippen molar-refractivity contribution in [3.05, 3.63) is 66.2 Å². The molecule has 0 radical (unpaired) electrons. The van der Waals surface area contributed by atoms with E-state index in [1.807, 2.05) is 0 Å². The van der Waals surface area contributed by atoms with Gasteiger partial charge in [-0.3, -0.25) is 0 Å². The third-order valence-electron chi connectivity index (χ3n) is 4.04. The van der Waals surface area contributed by atoms with Crippen LogP contribution in [-0.4, -0.2) is 26.2 Å². The van der Waals surface area contributed by atoms with Gasteiger partial charge in [-0.15, -0.1) is 0 Å². The zero-order chi connectivity index (χ0) is 15.4. The lowest BCUT2D eigenvalue weighted by molar-refractivity contribution is 0.589. The van der Waals surface area contributed by atoms with E-state index in [1.54, 1.807) is 0 Å².